The molecule has 0 fully saturated rings. The van der Waals surface area contributed by atoms with Crippen molar-refractivity contribution in [3.05, 3.63) is 74.3 Å². The van der Waals surface area contributed by atoms with E-state index in [4.69, 9.17) is 27.6 Å². The Kier molecular flexibility index (Phi) is 4.24. The maximum Gasteiger partial charge on any atom is 0.131 e. The van der Waals surface area contributed by atoms with Crippen LogP contribution in [0.3, 0.4) is 0 Å². The highest BCUT2D eigenvalue weighted by molar-refractivity contribution is 7.16. The molecule has 0 radical (unpaired) electrons. The summed E-state index contributed by atoms with van der Waals surface area (Å²) in [7, 11) is 0. The number of nitrogens with one attached hydrogen (secondary N) is 1. The van der Waals surface area contributed by atoms with E-state index in [2.05, 4.69) is 5.32 Å². The van der Waals surface area contributed by atoms with Gasteiger partial charge in [0, 0.05) is 4.88 Å². The van der Waals surface area contributed by atoms with E-state index in [1.807, 2.05) is 49.4 Å². The number of hydrogen-bond donors (Lipinski definition) is 1. The van der Waals surface area contributed by atoms with Crippen LogP contribution in [0.4, 0.5) is 5.69 Å². The molecule has 21 heavy (non-hydrogen) atoms. The molecule has 1 atom stereocenters. The van der Waals surface area contributed by atoms with Gasteiger partial charge in [0.15, 0.2) is 0 Å². The number of benzene rings is 1. The van der Waals surface area contributed by atoms with Crippen molar-refractivity contribution < 1.29 is 4.42 Å². The molecule has 0 saturated heterocycles. The molecule has 3 aromatic rings. The smallest absolute Gasteiger partial charge is 0.131 e. The second-order valence-electron chi connectivity index (χ2n) is 4.67. The average Bonchev–Trinajstić information content (AvgIpc) is 3.10. The molecule has 0 amide bonds. The number of anilines is 1. The third kappa shape index (κ3) is 3.10. The lowest BCUT2D eigenvalue weighted by atomic mass is 10.1. The Morgan fingerprint density at radius 1 is 1.10 bits per heavy atom. The average molecular weight is 338 g/mol. The van der Waals surface area contributed by atoms with Crippen molar-refractivity contribution in [2.45, 2.75) is 13.0 Å². The molecule has 0 saturated carbocycles. The van der Waals surface area contributed by atoms with Crippen molar-refractivity contribution >= 4 is 40.2 Å². The number of hydrogen-bond acceptors (Lipinski definition) is 3. The molecule has 1 unspecified atom stereocenters. The van der Waals surface area contributed by atoms with Gasteiger partial charge in [0.2, 0.25) is 0 Å². The molecule has 108 valence electrons. The van der Waals surface area contributed by atoms with Gasteiger partial charge in [-0.25, -0.2) is 0 Å². The second-order valence-corrected chi connectivity index (χ2v) is 6.82. The van der Waals surface area contributed by atoms with Gasteiger partial charge in [0.1, 0.15) is 11.8 Å². The minimum absolute atomic E-state index is 0.115. The lowest BCUT2D eigenvalue weighted by Gasteiger charge is -2.19. The van der Waals surface area contributed by atoms with Gasteiger partial charge in [-0.1, -0.05) is 35.3 Å². The quantitative estimate of drug-likeness (QED) is 0.616. The van der Waals surface area contributed by atoms with Crippen molar-refractivity contribution in [2.75, 3.05) is 5.32 Å². The molecule has 0 bridgehead atoms. The summed E-state index contributed by atoms with van der Waals surface area (Å²) in [6.45, 7) is 2.02. The van der Waals surface area contributed by atoms with Crippen LogP contribution in [0.5, 0.6) is 0 Å². The van der Waals surface area contributed by atoms with Gasteiger partial charge in [-0.2, -0.15) is 0 Å². The van der Waals surface area contributed by atoms with E-state index in [0.717, 1.165) is 26.2 Å². The molecule has 5 heteroatoms. The number of thiophene rings is 1. The van der Waals surface area contributed by atoms with E-state index in [1.54, 1.807) is 6.26 Å². The molecule has 0 aliphatic rings. The van der Waals surface area contributed by atoms with Crippen LogP contribution in [0, 0.1) is 6.92 Å². The zero-order chi connectivity index (χ0) is 14.8. The Morgan fingerprint density at radius 2 is 1.95 bits per heavy atom. The van der Waals surface area contributed by atoms with Crippen molar-refractivity contribution in [3.8, 4) is 0 Å². The standard InChI is InChI=1S/C16H13Cl2NOS/c1-10-4-2-5-11(17)15(10)19-16(12-6-3-9-20-12)13-7-8-14(18)21-13/h2-9,16,19H,1H3. The third-order valence-electron chi connectivity index (χ3n) is 3.22. The van der Waals surface area contributed by atoms with Crippen LogP contribution >= 0.6 is 34.5 Å². The fraction of sp³-hybridized carbons (Fsp3) is 0.125. The normalized spacial score (nSPS) is 12.3. The first kappa shape index (κ1) is 14.5. The van der Waals surface area contributed by atoms with Crippen LogP contribution in [-0.4, -0.2) is 0 Å². The van der Waals surface area contributed by atoms with Gasteiger partial charge in [-0.15, -0.1) is 11.3 Å². The number of aryl methyl sites for hydroxylation is 1. The Bertz CT molecular complexity index is 716. The number of rotatable bonds is 4. The molecule has 2 heterocycles. The van der Waals surface area contributed by atoms with Crippen molar-refractivity contribution in [1.82, 2.24) is 0 Å². The van der Waals surface area contributed by atoms with E-state index in [1.165, 1.54) is 11.3 Å². The van der Waals surface area contributed by atoms with E-state index in [0.29, 0.717) is 5.02 Å². The van der Waals surface area contributed by atoms with Crippen LogP contribution in [-0.2, 0) is 0 Å². The van der Waals surface area contributed by atoms with Gasteiger partial charge in [-0.05, 0) is 42.8 Å². The molecule has 0 aliphatic carbocycles. The highest BCUT2D eigenvalue weighted by atomic mass is 35.5. The van der Waals surface area contributed by atoms with Crippen molar-refractivity contribution in [2.24, 2.45) is 0 Å². The molecular weight excluding hydrogens is 325 g/mol. The van der Waals surface area contributed by atoms with E-state index < -0.39 is 0 Å². The fourth-order valence-electron chi connectivity index (χ4n) is 2.18. The van der Waals surface area contributed by atoms with E-state index in [9.17, 15) is 0 Å². The zero-order valence-electron chi connectivity index (χ0n) is 11.3. The van der Waals surface area contributed by atoms with Crippen molar-refractivity contribution in [1.29, 1.82) is 0 Å². The Labute approximate surface area is 137 Å². The summed E-state index contributed by atoms with van der Waals surface area (Å²) in [4.78, 5) is 1.08. The predicted octanol–water partition coefficient (Wildman–Crippen LogP) is 6.16. The van der Waals surface area contributed by atoms with Gasteiger partial charge in [-0.3, -0.25) is 0 Å². The minimum atomic E-state index is -0.115. The second kappa shape index (κ2) is 6.14. The van der Waals surface area contributed by atoms with E-state index in [-0.39, 0.29) is 6.04 Å². The summed E-state index contributed by atoms with van der Waals surface area (Å²) >= 11 is 13.9. The van der Waals surface area contributed by atoms with Crippen LogP contribution in [0.1, 0.15) is 22.2 Å². The number of halogens is 2. The largest absolute Gasteiger partial charge is 0.467 e. The molecule has 2 nitrogen and oxygen atoms in total. The Balaban J connectivity index is 2.01. The molecular formula is C16H13Cl2NOS. The van der Waals surface area contributed by atoms with Crippen molar-refractivity contribution in [3.63, 3.8) is 0 Å². The summed E-state index contributed by atoms with van der Waals surface area (Å²) in [5, 5.41) is 4.16. The first-order valence-corrected chi connectivity index (χ1v) is 8.02. The first-order chi connectivity index (χ1) is 10.1. The van der Waals surface area contributed by atoms with Gasteiger partial charge >= 0.3 is 0 Å². The predicted molar refractivity (Wildman–Crippen MR) is 89.7 cm³/mol. The molecule has 2 aromatic heterocycles. The zero-order valence-corrected chi connectivity index (χ0v) is 13.6. The van der Waals surface area contributed by atoms with Gasteiger partial charge < -0.3 is 9.73 Å². The Morgan fingerprint density at radius 3 is 2.57 bits per heavy atom. The molecule has 1 aromatic carbocycles. The highest BCUT2D eigenvalue weighted by Gasteiger charge is 2.20. The highest BCUT2D eigenvalue weighted by Crippen LogP contribution is 2.36. The molecule has 3 rings (SSSR count). The number of para-hydroxylation sites is 1. The van der Waals surface area contributed by atoms with Crippen LogP contribution < -0.4 is 5.32 Å². The lowest BCUT2D eigenvalue weighted by molar-refractivity contribution is 0.500. The summed E-state index contributed by atoms with van der Waals surface area (Å²) in [6, 6.07) is 13.4. The molecule has 0 spiro atoms. The van der Waals surface area contributed by atoms with E-state index >= 15 is 0 Å². The van der Waals surface area contributed by atoms with Crippen LogP contribution in [0.25, 0.3) is 0 Å². The first-order valence-electron chi connectivity index (χ1n) is 6.45. The fourth-order valence-corrected chi connectivity index (χ4v) is 3.58. The van der Waals surface area contributed by atoms with Crippen LogP contribution in [0.2, 0.25) is 9.36 Å². The topological polar surface area (TPSA) is 25.2 Å². The maximum absolute atomic E-state index is 6.31. The third-order valence-corrected chi connectivity index (χ3v) is 4.83. The molecule has 0 aliphatic heterocycles. The maximum atomic E-state index is 6.31. The van der Waals surface area contributed by atoms with Gasteiger partial charge in [0.25, 0.3) is 0 Å². The lowest BCUT2D eigenvalue weighted by Crippen LogP contribution is -2.11. The summed E-state index contributed by atoms with van der Waals surface area (Å²) < 4.78 is 6.32. The summed E-state index contributed by atoms with van der Waals surface area (Å²) in [6.07, 6.45) is 1.67. The molecule has 1 N–H and O–H groups in total. The van der Waals surface area contributed by atoms with Gasteiger partial charge in [0.05, 0.1) is 21.3 Å². The SMILES string of the molecule is Cc1cccc(Cl)c1NC(c1ccco1)c1ccc(Cl)s1. The Hall–Kier alpha value is -1.42. The monoisotopic (exact) mass is 337 g/mol. The van der Waals surface area contributed by atoms with Crippen LogP contribution in [0.15, 0.2) is 53.1 Å². The summed E-state index contributed by atoms with van der Waals surface area (Å²) in [5.74, 6) is 0.827. The minimum Gasteiger partial charge on any atom is -0.467 e. The summed E-state index contributed by atoms with van der Waals surface area (Å²) in [5.41, 5.74) is 1.99. The number of furan rings is 1.